The number of carbonyl (C=O) groups is 1. The molecule has 2 heterocycles. The first kappa shape index (κ1) is 26.6. The number of nitrogens with zero attached hydrogens (tertiary/aromatic N) is 3. The Morgan fingerprint density at radius 2 is 1.77 bits per heavy atom. The largest absolute Gasteiger partial charge is 0.466 e. The van der Waals surface area contributed by atoms with Gasteiger partial charge in [-0.05, 0) is 71.1 Å². The molecule has 4 aromatic rings. The van der Waals surface area contributed by atoms with Crippen LogP contribution in [0.2, 0.25) is 0 Å². The Labute approximate surface area is 230 Å². The van der Waals surface area contributed by atoms with Crippen molar-refractivity contribution in [2.24, 2.45) is 10.9 Å². The summed E-state index contributed by atoms with van der Waals surface area (Å²) in [7, 11) is 0. The molecule has 0 radical (unpaired) electrons. The second-order valence-corrected chi connectivity index (χ2v) is 10.2. The van der Waals surface area contributed by atoms with Crippen LogP contribution in [0.15, 0.2) is 71.9 Å². The zero-order chi connectivity index (χ0) is 27.4. The third-order valence-corrected chi connectivity index (χ3v) is 7.81. The Hall–Kier alpha value is -3.99. The summed E-state index contributed by atoms with van der Waals surface area (Å²) in [6.45, 7) is 8.45. The van der Waals surface area contributed by atoms with E-state index in [9.17, 15) is 4.79 Å². The fraction of sp³-hybridized carbons (Fsp3) is 0.324. The van der Waals surface area contributed by atoms with Crippen molar-refractivity contribution in [1.82, 2.24) is 9.55 Å². The van der Waals surface area contributed by atoms with E-state index in [2.05, 4.69) is 73.2 Å². The van der Waals surface area contributed by atoms with Gasteiger partial charge in [-0.3, -0.25) is 9.79 Å². The van der Waals surface area contributed by atoms with Crippen LogP contribution >= 0.6 is 0 Å². The Morgan fingerprint density at radius 3 is 2.46 bits per heavy atom. The number of ether oxygens (including phenoxy) is 1. The summed E-state index contributed by atoms with van der Waals surface area (Å²) in [5.41, 5.74) is 6.33. The summed E-state index contributed by atoms with van der Waals surface area (Å²) in [6, 6.07) is 21.4. The van der Waals surface area contributed by atoms with Crippen LogP contribution in [0.5, 0.6) is 0 Å². The van der Waals surface area contributed by atoms with Gasteiger partial charge in [-0.1, -0.05) is 54.6 Å². The molecule has 200 valence electrons. The maximum absolute atomic E-state index is 12.3. The minimum absolute atomic E-state index is 0.00752. The van der Waals surface area contributed by atoms with E-state index in [0.717, 1.165) is 69.9 Å². The van der Waals surface area contributed by atoms with Crippen molar-refractivity contribution in [3.8, 4) is 22.4 Å². The first-order valence-corrected chi connectivity index (χ1v) is 14.0. The van der Waals surface area contributed by atoms with Crippen LogP contribution in [-0.2, 0) is 9.53 Å². The van der Waals surface area contributed by atoms with Crippen LogP contribution in [0.25, 0.3) is 45.1 Å². The van der Waals surface area contributed by atoms with Crippen molar-refractivity contribution in [3.05, 3.63) is 77.4 Å². The van der Waals surface area contributed by atoms with E-state index in [-0.39, 0.29) is 11.9 Å². The number of hydrogen-bond acceptors (Lipinski definition) is 4. The van der Waals surface area contributed by atoms with Gasteiger partial charge < -0.3 is 9.30 Å². The smallest absolute Gasteiger partial charge is 0.308 e. The lowest BCUT2D eigenvalue weighted by atomic mass is 9.86. The Bertz CT molecular complexity index is 1620. The molecule has 1 saturated carbocycles. The molecule has 0 amide bonds. The molecule has 0 spiro atoms. The molecule has 1 aliphatic rings. The zero-order valence-corrected chi connectivity index (χ0v) is 23.4. The van der Waals surface area contributed by atoms with Gasteiger partial charge in [0.05, 0.1) is 23.7 Å². The number of esters is 1. The first-order chi connectivity index (χ1) is 19.0. The molecule has 39 heavy (non-hydrogen) atoms. The number of fused-ring (bicyclic) bond motifs is 1. The van der Waals surface area contributed by atoms with Gasteiger partial charge in [0.2, 0.25) is 0 Å². The average molecular weight is 520 g/mol. The molecular weight excluding hydrogens is 482 g/mol. The van der Waals surface area contributed by atoms with Gasteiger partial charge in [-0.15, -0.1) is 0 Å². The standard InChI is InChI=1S/C34H37N3O2/c1-5-32-33(23(4)35-6-2)29(22-37(32)28-18-15-26(16-19-28)34(38)39-7-3)27-14-13-25-17-20-30(36-31(25)21-27)24-11-9-8-10-12-24/h5-6,8-14,17,20-22,26,28H,7,15-16,18-19H2,1-4H3/b32-5-,33-23-,35-6?. The van der Waals surface area contributed by atoms with Crippen molar-refractivity contribution in [3.63, 3.8) is 0 Å². The third-order valence-electron chi connectivity index (χ3n) is 7.81. The van der Waals surface area contributed by atoms with E-state index in [4.69, 9.17) is 14.7 Å². The molecule has 2 aromatic heterocycles. The summed E-state index contributed by atoms with van der Waals surface area (Å²) >= 11 is 0. The fourth-order valence-electron chi connectivity index (χ4n) is 5.90. The van der Waals surface area contributed by atoms with E-state index in [0.29, 0.717) is 12.6 Å². The molecule has 0 N–H and O–H groups in total. The van der Waals surface area contributed by atoms with Gasteiger partial charge in [0, 0.05) is 51.2 Å². The predicted octanol–water partition coefficient (Wildman–Crippen LogP) is 6.68. The van der Waals surface area contributed by atoms with Crippen molar-refractivity contribution < 1.29 is 9.53 Å². The molecule has 5 nitrogen and oxygen atoms in total. The first-order valence-electron chi connectivity index (χ1n) is 14.0. The highest BCUT2D eigenvalue weighted by atomic mass is 16.5. The average Bonchev–Trinajstić information content (AvgIpc) is 3.37. The van der Waals surface area contributed by atoms with Crippen molar-refractivity contribution >= 4 is 34.9 Å². The number of aromatic nitrogens is 2. The number of pyridine rings is 1. The van der Waals surface area contributed by atoms with Gasteiger partial charge >= 0.3 is 5.97 Å². The summed E-state index contributed by atoms with van der Waals surface area (Å²) in [6.07, 6.45) is 9.95. The quantitative estimate of drug-likeness (QED) is 0.211. The van der Waals surface area contributed by atoms with Crippen LogP contribution in [0.1, 0.15) is 59.4 Å². The number of rotatable bonds is 6. The predicted molar refractivity (Wildman–Crippen MR) is 161 cm³/mol. The Morgan fingerprint density at radius 1 is 1.03 bits per heavy atom. The monoisotopic (exact) mass is 519 g/mol. The number of aliphatic imine (C=N–C) groups is 1. The maximum atomic E-state index is 12.3. The molecule has 0 atom stereocenters. The minimum atomic E-state index is -0.0490. The molecule has 0 aliphatic heterocycles. The maximum Gasteiger partial charge on any atom is 0.308 e. The molecule has 1 aliphatic carbocycles. The zero-order valence-electron chi connectivity index (χ0n) is 23.4. The molecule has 5 rings (SSSR count). The molecular formula is C34H37N3O2. The van der Waals surface area contributed by atoms with Gasteiger partial charge in [-0.2, -0.15) is 0 Å². The normalized spacial score (nSPS) is 19.0. The minimum Gasteiger partial charge on any atom is -0.466 e. The second kappa shape index (κ2) is 11.8. The van der Waals surface area contributed by atoms with Crippen molar-refractivity contribution in [1.29, 1.82) is 0 Å². The summed E-state index contributed by atoms with van der Waals surface area (Å²) in [4.78, 5) is 22.1. The lowest BCUT2D eigenvalue weighted by Gasteiger charge is -2.28. The number of carbonyl (C=O) groups excluding carboxylic acids is 1. The molecule has 0 saturated heterocycles. The van der Waals surface area contributed by atoms with Gasteiger partial charge in [0.15, 0.2) is 0 Å². The molecule has 2 aromatic carbocycles. The summed E-state index contributed by atoms with van der Waals surface area (Å²) in [5.74, 6) is -0.0415. The fourth-order valence-corrected chi connectivity index (χ4v) is 5.90. The van der Waals surface area contributed by atoms with Crippen LogP contribution in [0.4, 0.5) is 0 Å². The highest BCUT2D eigenvalue weighted by Gasteiger charge is 2.28. The van der Waals surface area contributed by atoms with Crippen molar-refractivity contribution in [2.45, 2.75) is 59.4 Å². The SMILES string of the molecule is CC=N/C(C)=c1/c(-c2ccc3ccc(-c4ccccc4)nc3c2)cn(C2CCC(C(=O)OCC)CC2)/c1=C\C. The Balaban J connectivity index is 1.60. The number of hydrogen-bond donors (Lipinski definition) is 0. The molecule has 1 fully saturated rings. The third kappa shape index (κ3) is 5.44. The van der Waals surface area contributed by atoms with E-state index < -0.39 is 0 Å². The summed E-state index contributed by atoms with van der Waals surface area (Å²) in [5, 5.41) is 3.45. The number of benzene rings is 2. The van der Waals surface area contributed by atoms with Crippen LogP contribution in [0.3, 0.4) is 0 Å². The van der Waals surface area contributed by atoms with Gasteiger partial charge in [0.25, 0.3) is 0 Å². The van der Waals surface area contributed by atoms with E-state index in [1.807, 2.05) is 38.3 Å². The lowest BCUT2D eigenvalue weighted by Crippen LogP contribution is -2.35. The second-order valence-electron chi connectivity index (χ2n) is 10.2. The topological polar surface area (TPSA) is 56.5 Å². The van der Waals surface area contributed by atoms with Gasteiger partial charge in [0.1, 0.15) is 0 Å². The molecule has 0 unspecified atom stereocenters. The van der Waals surface area contributed by atoms with Crippen molar-refractivity contribution in [2.75, 3.05) is 6.61 Å². The van der Waals surface area contributed by atoms with E-state index in [1.54, 1.807) is 0 Å². The van der Waals surface area contributed by atoms with E-state index >= 15 is 0 Å². The molecule has 5 heteroatoms. The van der Waals surface area contributed by atoms with Crippen LogP contribution in [-0.4, -0.2) is 28.3 Å². The Kier molecular flexibility index (Phi) is 8.06. The highest BCUT2D eigenvalue weighted by molar-refractivity contribution is 5.86. The highest BCUT2D eigenvalue weighted by Crippen LogP contribution is 2.33. The van der Waals surface area contributed by atoms with Crippen LogP contribution < -0.4 is 10.6 Å². The van der Waals surface area contributed by atoms with Gasteiger partial charge in [-0.25, -0.2) is 4.98 Å². The summed E-state index contributed by atoms with van der Waals surface area (Å²) < 4.78 is 7.72. The van der Waals surface area contributed by atoms with Crippen LogP contribution in [0, 0.1) is 5.92 Å². The molecule has 0 bridgehead atoms. The lowest BCUT2D eigenvalue weighted by molar-refractivity contribution is -0.149. The van der Waals surface area contributed by atoms with E-state index in [1.165, 1.54) is 5.35 Å².